The van der Waals surface area contributed by atoms with Gasteiger partial charge < -0.3 is 9.84 Å². The van der Waals surface area contributed by atoms with Gasteiger partial charge in [0.2, 0.25) is 11.7 Å². The van der Waals surface area contributed by atoms with Crippen LogP contribution < -0.4 is 5.32 Å². The summed E-state index contributed by atoms with van der Waals surface area (Å²) >= 11 is 0. The highest BCUT2D eigenvalue weighted by atomic mass is 16.5. The number of fused-ring (bicyclic) bond motifs is 1. The van der Waals surface area contributed by atoms with Crippen LogP contribution in [0.4, 0.5) is 0 Å². The molecule has 0 aliphatic heterocycles. The molecule has 126 valence electrons. The Hall–Kier alpha value is -3.02. The number of carbonyl (C=O) groups is 1. The number of aryl methyl sites for hydroxylation is 2. The maximum Gasteiger partial charge on any atom is 0.251 e. The molecule has 0 bridgehead atoms. The van der Waals surface area contributed by atoms with Crippen molar-refractivity contribution in [3.8, 4) is 11.4 Å². The van der Waals surface area contributed by atoms with E-state index in [9.17, 15) is 4.79 Å². The number of hydrogen-bond acceptors (Lipinski definition) is 5. The molecule has 25 heavy (non-hydrogen) atoms. The van der Waals surface area contributed by atoms with Crippen molar-refractivity contribution < 1.29 is 9.32 Å². The van der Waals surface area contributed by atoms with Crippen LogP contribution in [0.1, 0.15) is 46.8 Å². The number of aromatic nitrogens is 3. The number of benzene rings is 1. The van der Waals surface area contributed by atoms with E-state index >= 15 is 0 Å². The maximum absolute atomic E-state index is 12.4. The molecule has 0 spiro atoms. The lowest BCUT2D eigenvalue weighted by molar-refractivity contribution is 0.0936. The second kappa shape index (κ2) is 6.47. The van der Waals surface area contributed by atoms with Crippen molar-refractivity contribution in [1.29, 1.82) is 0 Å². The number of pyridine rings is 1. The van der Waals surface area contributed by atoms with Gasteiger partial charge in [-0.05, 0) is 42.2 Å². The van der Waals surface area contributed by atoms with Gasteiger partial charge in [-0.2, -0.15) is 4.98 Å². The van der Waals surface area contributed by atoms with Crippen LogP contribution in [-0.2, 0) is 12.8 Å². The van der Waals surface area contributed by atoms with Gasteiger partial charge in [0.15, 0.2) is 0 Å². The number of rotatable bonds is 4. The zero-order valence-corrected chi connectivity index (χ0v) is 13.9. The largest absolute Gasteiger partial charge is 0.345 e. The van der Waals surface area contributed by atoms with Crippen molar-refractivity contribution in [3.05, 3.63) is 65.3 Å². The normalized spacial score (nSPS) is 15.8. The van der Waals surface area contributed by atoms with E-state index in [-0.39, 0.29) is 11.9 Å². The molecule has 6 heteroatoms. The molecule has 1 atom stereocenters. The third-order valence-corrected chi connectivity index (χ3v) is 4.50. The van der Waals surface area contributed by atoms with Gasteiger partial charge >= 0.3 is 0 Å². The molecular formula is C19H18N4O2. The predicted molar refractivity (Wildman–Crippen MR) is 91.9 cm³/mol. The molecule has 0 radical (unpaired) electrons. The lowest BCUT2D eigenvalue weighted by Crippen LogP contribution is -2.27. The Morgan fingerprint density at radius 1 is 1.28 bits per heavy atom. The Morgan fingerprint density at radius 2 is 2.12 bits per heavy atom. The van der Waals surface area contributed by atoms with E-state index in [2.05, 4.69) is 32.6 Å². The molecule has 4 rings (SSSR count). The number of amides is 1. The molecule has 1 unspecified atom stereocenters. The van der Waals surface area contributed by atoms with Crippen molar-refractivity contribution >= 4 is 5.91 Å². The van der Waals surface area contributed by atoms with E-state index in [0.717, 1.165) is 30.4 Å². The number of nitrogens with zero attached hydrogens (tertiary/aromatic N) is 3. The first-order valence-corrected chi connectivity index (χ1v) is 8.41. The van der Waals surface area contributed by atoms with E-state index in [1.54, 1.807) is 24.5 Å². The summed E-state index contributed by atoms with van der Waals surface area (Å²) in [6.07, 6.45) is 5.78. The van der Waals surface area contributed by atoms with Crippen LogP contribution in [0.25, 0.3) is 11.4 Å². The summed E-state index contributed by atoms with van der Waals surface area (Å²) in [4.78, 5) is 20.7. The molecule has 1 aromatic carbocycles. The molecule has 0 fully saturated rings. The quantitative estimate of drug-likeness (QED) is 0.793. The highest BCUT2D eigenvalue weighted by molar-refractivity contribution is 5.94. The van der Waals surface area contributed by atoms with Crippen LogP contribution in [0.5, 0.6) is 0 Å². The van der Waals surface area contributed by atoms with Crippen LogP contribution in [0.15, 0.2) is 47.2 Å². The summed E-state index contributed by atoms with van der Waals surface area (Å²) in [6, 6.07) is 9.60. The van der Waals surface area contributed by atoms with Crippen molar-refractivity contribution in [2.45, 2.75) is 32.2 Å². The molecule has 0 saturated carbocycles. The summed E-state index contributed by atoms with van der Waals surface area (Å²) in [5.41, 5.74) is 3.95. The van der Waals surface area contributed by atoms with Crippen LogP contribution in [0.2, 0.25) is 0 Å². The van der Waals surface area contributed by atoms with Gasteiger partial charge in [0.05, 0.1) is 6.04 Å². The molecule has 2 heterocycles. The summed E-state index contributed by atoms with van der Waals surface area (Å²) < 4.78 is 5.19. The Balaban J connectivity index is 1.54. The fraction of sp³-hybridized carbons (Fsp3) is 0.263. The predicted octanol–water partition coefficient (Wildman–Crippen LogP) is 3.11. The summed E-state index contributed by atoms with van der Waals surface area (Å²) in [5, 5.41) is 7.14. The second-order valence-corrected chi connectivity index (χ2v) is 6.08. The van der Waals surface area contributed by atoms with Gasteiger partial charge in [-0.15, -0.1) is 0 Å². The fourth-order valence-electron chi connectivity index (χ4n) is 3.17. The molecule has 3 aromatic rings. The average molecular weight is 334 g/mol. The first kappa shape index (κ1) is 15.5. The fourth-order valence-corrected chi connectivity index (χ4v) is 3.17. The van der Waals surface area contributed by atoms with Gasteiger partial charge in [-0.1, -0.05) is 24.2 Å². The maximum atomic E-state index is 12.4. The summed E-state index contributed by atoms with van der Waals surface area (Å²) in [7, 11) is 0. The zero-order chi connectivity index (χ0) is 17.2. The summed E-state index contributed by atoms with van der Waals surface area (Å²) in [6.45, 7) is 1.98. The van der Waals surface area contributed by atoms with Gasteiger partial charge in [0.25, 0.3) is 5.91 Å². The summed E-state index contributed by atoms with van der Waals surface area (Å²) in [5.74, 6) is 1.18. The van der Waals surface area contributed by atoms with Crippen molar-refractivity contribution in [2.75, 3.05) is 0 Å². The monoisotopic (exact) mass is 334 g/mol. The van der Waals surface area contributed by atoms with Crippen LogP contribution in [-0.4, -0.2) is 21.0 Å². The molecule has 2 aromatic heterocycles. The van der Waals surface area contributed by atoms with Gasteiger partial charge in [0.1, 0.15) is 0 Å². The van der Waals surface area contributed by atoms with E-state index in [1.807, 2.05) is 13.0 Å². The molecule has 6 nitrogen and oxygen atoms in total. The van der Waals surface area contributed by atoms with Crippen LogP contribution in [0.3, 0.4) is 0 Å². The SMILES string of the molecule is CCc1nc(-c2ccc3c(c2)CCC3NC(=O)c2ccncc2)no1. The molecule has 1 aliphatic carbocycles. The average Bonchev–Trinajstić information content (AvgIpc) is 3.29. The Bertz CT molecular complexity index is 905. The Labute approximate surface area is 145 Å². The topological polar surface area (TPSA) is 80.9 Å². The Morgan fingerprint density at radius 3 is 2.88 bits per heavy atom. The molecule has 0 saturated heterocycles. The van der Waals surface area contributed by atoms with Crippen molar-refractivity contribution in [1.82, 2.24) is 20.4 Å². The second-order valence-electron chi connectivity index (χ2n) is 6.08. The van der Waals surface area contributed by atoms with E-state index < -0.39 is 0 Å². The van der Waals surface area contributed by atoms with E-state index in [1.165, 1.54) is 5.56 Å². The number of hydrogen-bond donors (Lipinski definition) is 1. The smallest absolute Gasteiger partial charge is 0.251 e. The highest BCUT2D eigenvalue weighted by Crippen LogP contribution is 2.33. The van der Waals surface area contributed by atoms with E-state index in [4.69, 9.17) is 4.52 Å². The van der Waals surface area contributed by atoms with Crippen LogP contribution >= 0.6 is 0 Å². The minimum atomic E-state index is -0.0740. The van der Waals surface area contributed by atoms with Crippen molar-refractivity contribution in [2.24, 2.45) is 0 Å². The first-order chi connectivity index (χ1) is 12.2. The molecule has 1 aliphatic rings. The Kier molecular flexibility index (Phi) is 4.01. The number of carbonyl (C=O) groups excluding carboxylic acids is 1. The van der Waals surface area contributed by atoms with Gasteiger partial charge in [-0.25, -0.2) is 0 Å². The van der Waals surface area contributed by atoms with Crippen molar-refractivity contribution in [3.63, 3.8) is 0 Å². The minimum Gasteiger partial charge on any atom is -0.345 e. The third-order valence-electron chi connectivity index (χ3n) is 4.50. The standard InChI is InChI=1S/C19H18N4O2/c1-2-17-22-18(23-25-17)14-3-5-15-13(11-14)4-6-16(15)21-19(24)12-7-9-20-10-8-12/h3,5,7-11,16H,2,4,6H2,1H3,(H,21,24). The molecule has 1 N–H and O–H groups in total. The molecule has 1 amide bonds. The molecular weight excluding hydrogens is 316 g/mol. The third kappa shape index (κ3) is 3.03. The van der Waals surface area contributed by atoms with Gasteiger partial charge in [0, 0.05) is 29.9 Å². The minimum absolute atomic E-state index is 0.0289. The number of nitrogens with one attached hydrogen (secondary N) is 1. The lowest BCUT2D eigenvalue weighted by atomic mass is 10.0. The van der Waals surface area contributed by atoms with E-state index in [0.29, 0.717) is 17.3 Å². The zero-order valence-electron chi connectivity index (χ0n) is 13.9. The van der Waals surface area contributed by atoms with Crippen LogP contribution in [0, 0.1) is 0 Å². The lowest BCUT2D eigenvalue weighted by Gasteiger charge is -2.14. The highest BCUT2D eigenvalue weighted by Gasteiger charge is 2.25. The van der Waals surface area contributed by atoms with Gasteiger partial charge in [-0.3, -0.25) is 9.78 Å². The first-order valence-electron chi connectivity index (χ1n) is 8.41.